The van der Waals surface area contributed by atoms with Crippen molar-refractivity contribution in [1.29, 1.82) is 0 Å². The predicted octanol–water partition coefficient (Wildman–Crippen LogP) is 2.26. The van der Waals surface area contributed by atoms with Crippen LogP contribution in [-0.4, -0.2) is 29.0 Å². The van der Waals surface area contributed by atoms with Crippen molar-refractivity contribution in [1.82, 2.24) is 4.98 Å². The second-order valence-corrected chi connectivity index (χ2v) is 5.36. The van der Waals surface area contributed by atoms with E-state index in [1.54, 1.807) is 6.26 Å². The van der Waals surface area contributed by atoms with E-state index in [0.29, 0.717) is 0 Å². The van der Waals surface area contributed by atoms with Crippen LogP contribution in [-0.2, 0) is 4.79 Å². The molecule has 2 N–H and O–H groups in total. The molecule has 0 saturated heterocycles. The first kappa shape index (κ1) is 17.7. The van der Waals surface area contributed by atoms with Gasteiger partial charge in [-0.3, -0.25) is 4.79 Å². The molecule has 0 bridgehead atoms. The Morgan fingerprint density at radius 2 is 1.81 bits per heavy atom. The van der Waals surface area contributed by atoms with Crippen LogP contribution < -0.4 is 10.5 Å². The van der Waals surface area contributed by atoms with Crippen molar-refractivity contribution in [3.8, 4) is 5.75 Å². The van der Waals surface area contributed by atoms with Gasteiger partial charge in [0.1, 0.15) is 5.78 Å². The zero-order chi connectivity index (χ0) is 16.2. The Morgan fingerprint density at radius 3 is 2.24 bits per heavy atom. The number of hydrogen-bond donors (Lipinski definition) is 1. The number of Topliss-reactive ketones (excluding diaryl/α,β-unsaturated/α-hetero) is 1. The Labute approximate surface area is 123 Å². The molecule has 1 aromatic heterocycles. The molecular weight excluding hydrogens is 312 g/mol. The van der Waals surface area contributed by atoms with Gasteiger partial charge in [0.25, 0.3) is 11.9 Å². The third kappa shape index (κ3) is 4.57. The van der Waals surface area contributed by atoms with Crippen molar-refractivity contribution < 1.29 is 27.1 Å². The van der Waals surface area contributed by atoms with Gasteiger partial charge in [-0.2, -0.15) is 22.5 Å². The highest BCUT2D eigenvalue weighted by molar-refractivity contribution is 7.99. The monoisotopic (exact) mass is 326 g/mol. The van der Waals surface area contributed by atoms with Gasteiger partial charge >= 0.3 is 0 Å². The topological polar surface area (TPSA) is 65.2 Å². The predicted molar refractivity (Wildman–Crippen MR) is 69.8 cm³/mol. The summed E-state index contributed by atoms with van der Waals surface area (Å²) in [4.78, 5) is 13.8. The molecule has 118 valence electrons. The molecule has 9 heteroatoms. The van der Waals surface area contributed by atoms with Gasteiger partial charge in [-0.25, -0.2) is 0 Å². The number of carbonyl (C=O) groups is 1. The maximum Gasteiger partial charge on any atom is 0.255 e. The van der Waals surface area contributed by atoms with Crippen molar-refractivity contribution in [3.63, 3.8) is 0 Å². The quantitative estimate of drug-likeness (QED) is 0.473. The lowest BCUT2D eigenvalue weighted by Gasteiger charge is -2.18. The molecule has 0 aliphatic heterocycles. The first-order valence-corrected chi connectivity index (χ1v) is 7.18. The molecule has 1 heterocycles. The van der Waals surface area contributed by atoms with E-state index in [4.69, 9.17) is 10.5 Å². The standard InChI is InChI=1S/C12H14F4N2O2S/c1-5(19)6(3-7(17)21-2)4-20-10-8(13)11(15)18-12(16)9(10)14/h6-7H,3-4,17H2,1-2H3. The summed E-state index contributed by atoms with van der Waals surface area (Å²) in [5.74, 6) is -9.41. The molecule has 1 aromatic rings. The minimum absolute atomic E-state index is 0.204. The highest BCUT2D eigenvalue weighted by atomic mass is 32.2. The molecule has 0 amide bonds. The van der Waals surface area contributed by atoms with Crippen LogP contribution in [0.5, 0.6) is 5.75 Å². The number of nitrogens with zero attached hydrogens (tertiary/aromatic N) is 1. The summed E-state index contributed by atoms with van der Waals surface area (Å²) in [5.41, 5.74) is 5.67. The number of thioether (sulfide) groups is 1. The molecule has 2 unspecified atom stereocenters. The van der Waals surface area contributed by atoms with Crippen LogP contribution in [0.2, 0.25) is 0 Å². The van der Waals surface area contributed by atoms with E-state index in [1.807, 2.05) is 0 Å². The summed E-state index contributed by atoms with van der Waals surface area (Å²) in [7, 11) is 0. The van der Waals surface area contributed by atoms with Gasteiger partial charge in [-0.15, -0.1) is 11.8 Å². The summed E-state index contributed by atoms with van der Waals surface area (Å²) < 4.78 is 57.2. The number of rotatable bonds is 7. The fourth-order valence-electron chi connectivity index (χ4n) is 1.51. The molecule has 0 aliphatic rings. The van der Waals surface area contributed by atoms with Gasteiger partial charge in [0.2, 0.25) is 11.6 Å². The Hall–Kier alpha value is -1.35. The fraction of sp³-hybridized carbons (Fsp3) is 0.500. The zero-order valence-corrected chi connectivity index (χ0v) is 12.1. The molecule has 2 atom stereocenters. The third-order valence-electron chi connectivity index (χ3n) is 2.78. The molecular formula is C12H14F4N2O2S. The smallest absolute Gasteiger partial charge is 0.255 e. The average Bonchev–Trinajstić information content (AvgIpc) is 2.43. The van der Waals surface area contributed by atoms with E-state index < -0.39 is 41.8 Å². The van der Waals surface area contributed by atoms with Crippen LogP contribution >= 0.6 is 11.8 Å². The molecule has 0 aromatic carbocycles. The van der Waals surface area contributed by atoms with Crippen molar-refractivity contribution >= 4 is 17.5 Å². The molecule has 0 radical (unpaired) electrons. The summed E-state index contributed by atoms with van der Waals surface area (Å²) in [5, 5.41) is -0.372. The summed E-state index contributed by atoms with van der Waals surface area (Å²) in [6, 6.07) is 0. The molecule has 4 nitrogen and oxygen atoms in total. The van der Waals surface area contributed by atoms with E-state index in [1.165, 1.54) is 18.7 Å². The lowest BCUT2D eigenvalue weighted by molar-refractivity contribution is -0.121. The lowest BCUT2D eigenvalue weighted by Crippen LogP contribution is -2.28. The third-order valence-corrected chi connectivity index (χ3v) is 3.58. The minimum atomic E-state index is -1.82. The molecule has 0 aliphatic carbocycles. The van der Waals surface area contributed by atoms with Crippen LogP contribution in [0.1, 0.15) is 13.3 Å². The number of hydrogen-bond acceptors (Lipinski definition) is 5. The molecule has 0 spiro atoms. The van der Waals surface area contributed by atoms with E-state index in [2.05, 4.69) is 4.98 Å². The lowest BCUT2D eigenvalue weighted by atomic mass is 10.0. The zero-order valence-electron chi connectivity index (χ0n) is 11.3. The van der Waals surface area contributed by atoms with Crippen molar-refractivity contribution in [2.24, 2.45) is 11.7 Å². The number of ketones is 1. The van der Waals surface area contributed by atoms with E-state index in [0.717, 1.165) is 0 Å². The largest absolute Gasteiger partial charge is 0.487 e. The second-order valence-electron chi connectivity index (χ2n) is 4.28. The number of ether oxygens (including phenoxy) is 1. The Kier molecular flexibility index (Phi) is 6.41. The SMILES string of the molecule is CSC(N)CC(COc1c(F)c(F)nc(F)c1F)C(C)=O. The number of aromatic nitrogens is 1. The normalized spacial score (nSPS) is 13.9. The Bertz CT molecular complexity index is 504. The fourth-order valence-corrected chi connectivity index (χ4v) is 1.93. The van der Waals surface area contributed by atoms with Crippen LogP contribution in [0.15, 0.2) is 0 Å². The second kappa shape index (κ2) is 7.60. The number of carbonyl (C=O) groups excluding carboxylic acids is 1. The van der Waals surface area contributed by atoms with Gasteiger partial charge < -0.3 is 10.5 Å². The van der Waals surface area contributed by atoms with Crippen molar-refractivity contribution in [2.45, 2.75) is 18.7 Å². The van der Waals surface area contributed by atoms with Gasteiger partial charge in [0.05, 0.1) is 17.9 Å². The van der Waals surface area contributed by atoms with E-state index >= 15 is 0 Å². The maximum atomic E-state index is 13.3. The Morgan fingerprint density at radius 1 is 1.29 bits per heavy atom. The molecule has 0 saturated carbocycles. The number of halogens is 4. The summed E-state index contributed by atoms with van der Waals surface area (Å²) in [6.07, 6.45) is 1.94. The summed E-state index contributed by atoms with van der Waals surface area (Å²) >= 11 is 1.30. The number of nitrogens with two attached hydrogens (primary N) is 1. The van der Waals surface area contributed by atoms with E-state index in [9.17, 15) is 22.4 Å². The summed E-state index contributed by atoms with van der Waals surface area (Å²) in [6.45, 7) is 0.821. The Balaban J connectivity index is 2.88. The van der Waals surface area contributed by atoms with Crippen molar-refractivity contribution in [2.75, 3.05) is 12.9 Å². The van der Waals surface area contributed by atoms with Crippen LogP contribution in [0.25, 0.3) is 0 Å². The van der Waals surface area contributed by atoms with Gasteiger partial charge in [0, 0.05) is 0 Å². The maximum absolute atomic E-state index is 13.3. The van der Waals surface area contributed by atoms with Gasteiger partial charge in [-0.05, 0) is 19.6 Å². The van der Waals surface area contributed by atoms with Crippen LogP contribution in [0.4, 0.5) is 17.6 Å². The first-order chi connectivity index (χ1) is 9.77. The van der Waals surface area contributed by atoms with Crippen LogP contribution in [0, 0.1) is 29.4 Å². The van der Waals surface area contributed by atoms with Crippen LogP contribution in [0.3, 0.4) is 0 Å². The first-order valence-electron chi connectivity index (χ1n) is 5.89. The average molecular weight is 326 g/mol. The number of pyridine rings is 1. The molecule has 1 rings (SSSR count). The minimum Gasteiger partial charge on any atom is -0.487 e. The highest BCUT2D eigenvalue weighted by Crippen LogP contribution is 2.25. The highest BCUT2D eigenvalue weighted by Gasteiger charge is 2.25. The molecule has 21 heavy (non-hydrogen) atoms. The van der Waals surface area contributed by atoms with Crippen molar-refractivity contribution in [3.05, 3.63) is 23.5 Å². The van der Waals surface area contributed by atoms with Gasteiger partial charge in [-0.1, -0.05) is 0 Å². The molecule has 0 fully saturated rings. The van der Waals surface area contributed by atoms with E-state index in [-0.39, 0.29) is 17.6 Å². The van der Waals surface area contributed by atoms with Gasteiger partial charge in [0.15, 0.2) is 5.75 Å².